The molecule has 0 spiro atoms. The lowest BCUT2D eigenvalue weighted by atomic mass is 9.93. The Labute approximate surface area is 114 Å². The highest BCUT2D eigenvalue weighted by Gasteiger charge is 2.38. The van der Waals surface area contributed by atoms with Crippen LogP contribution in [0.5, 0.6) is 0 Å². The molecule has 104 valence electrons. The average molecular weight is 262 g/mol. The molecule has 0 saturated heterocycles. The maximum Gasteiger partial charge on any atom is 0.415 e. The average Bonchev–Trinajstić information content (AvgIpc) is 2.26. The monoisotopic (exact) mass is 262 g/mol. The lowest BCUT2D eigenvalue weighted by Crippen LogP contribution is -2.46. The molecule has 4 nitrogen and oxygen atoms in total. The number of nitrogens with two attached hydrogens (primary N) is 1. The van der Waals surface area contributed by atoms with Gasteiger partial charge in [0.05, 0.1) is 5.69 Å². The van der Waals surface area contributed by atoms with E-state index in [0.717, 1.165) is 17.7 Å². The molecule has 2 N–H and O–H groups in total. The zero-order chi connectivity index (χ0) is 14.3. The molecule has 0 unspecified atom stereocenters. The summed E-state index contributed by atoms with van der Waals surface area (Å²) in [6.07, 6.45) is 0.421. The number of hydrogen-bond donors (Lipinski definition) is 1. The third-order valence-electron chi connectivity index (χ3n) is 3.39. The van der Waals surface area contributed by atoms with E-state index in [9.17, 15) is 4.79 Å². The minimum absolute atomic E-state index is 0.298. The normalized spacial score (nSPS) is 17.9. The molecule has 1 heterocycles. The predicted octanol–water partition coefficient (Wildman–Crippen LogP) is 3.01. The molecule has 1 aliphatic rings. The van der Waals surface area contributed by atoms with Crippen molar-refractivity contribution in [3.63, 3.8) is 0 Å². The maximum absolute atomic E-state index is 12.2. The van der Waals surface area contributed by atoms with Gasteiger partial charge in [-0.2, -0.15) is 0 Å². The molecule has 0 aliphatic carbocycles. The van der Waals surface area contributed by atoms with Crippen LogP contribution in [0, 0.1) is 0 Å². The topological polar surface area (TPSA) is 55.6 Å². The fourth-order valence-corrected chi connectivity index (χ4v) is 2.26. The van der Waals surface area contributed by atoms with Crippen LogP contribution < -0.4 is 10.6 Å². The van der Waals surface area contributed by atoms with Gasteiger partial charge in [-0.3, -0.25) is 4.90 Å². The molecule has 0 fully saturated rings. The van der Waals surface area contributed by atoms with Crippen LogP contribution in [0.25, 0.3) is 0 Å². The molecule has 2 rings (SSSR count). The van der Waals surface area contributed by atoms with E-state index in [2.05, 4.69) is 0 Å². The van der Waals surface area contributed by atoms with Gasteiger partial charge < -0.3 is 10.5 Å². The number of rotatable bonds is 3. The summed E-state index contributed by atoms with van der Waals surface area (Å²) in [6, 6.07) is 7.86. The standard InChI is InChI=1S/C15H22N2O2/c1-14(2,16)9-10-17-12-8-6-5-7-11(12)15(3,4)19-13(17)18/h5-8H,9-10,16H2,1-4H3. The van der Waals surface area contributed by atoms with Crippen molar-refractivity contribution in [3.05, 3.63) is 29.8 Å². The molecule has 1 aromatic carbocycles. The SMILES string of the molecule is CC(C)(N)CCN1C(=O)OC(C)(C)c2ccccc21. The largest absolute Gasteiger partial charge is 0.438 e. The summed E-state index contributed by atoms with van der Waals surface area (Å²) >= 11 is 0. The lowest BCUT2D eigenvalue weighted by Gasteiger charge is -2.39. The van der Waals surface area contributed by atoms with Crippen molar-refractivity contribution in [2.24, 2.45) is 5.73 Å². The molecule has 1 aliphatic heterocycles. The number of carbonyl (C=O) groups excluding carboxylic acids is 1. The zero-order valence-electron chi connectivity index (χ0n) is 12.1. The fourth-order valence-electron chi connectivity index (χ4n) is 2.26. The van der Waals surface area contributed by atoms with Gasteiger partial charge in [-0.1, -0.05) is 18.2 Å². The van der Waals surface area contributed by atoms with Crippen molar-refractivity contribution in [1.82, 2.24) is 0 Å². The Balaban J connectivity index is 2.32. The first-order valence-electron chi connectivity index (χ1n) is 6.60. The number of carbonyl (C=O) groups is 1. The van der Waals surface area contributed by atoms with Gasteiger partial charge in [0.25, 0.3) is 0 Å². The van der Waals surface area contributed by atoms with Crippen LogP contribution in [0.3, 0.4) is 0 Å². The molecule has 0 aromatic heterocycles. The molecule has 0 bridgehead atoms. The molecule has 0 radical (unpaired) electrons. The number of hydrogen-bond acceptors (Lipinski definition) is 3. The Morgan fingerprint density at radius 2 is 1.95 bits per heavy atom. The molecule has 0 saturated carbocycles. The summed E-state index contributed by atoms with van der Waals surface area (Å²) in [5, 5.41) is 0. The minimum atomic E-state index is -0.581. The number of para-hydroxylation sites is 1. The Hall–Kier alpha value is -1.55. The highest BCUT2D eigenvalue weighted by Crippen LogP contribution is 2.38. The van der Waals surface area contributed by atoms with E-state index in [1.165, 1.54) is 0 Å². The molecular weight excluding hydrogens is 240 g/mol. The van der Waals surface area contributed by atoms with Gasteiger partial charge >= 0.3 is 6.09 Å². The molecule has 4 heteroatoms. The first-order chi connectivity index (χ1) is 8.71. The smallest absolute Gasteiger partial charge is 0.415 e. The van der Waals surface area contributed by atoms with Gasteiger partial charge in [0, 0.05) is 17.6 Å². The summed E-state index contributed by atoms with van der Waals surface area (Å²) in [5.41, 5.74) is 7.06. The number of fused-ring (bicyclic) bond motifs is 1. The van der Waals surface area contributed by atoms with E-state index < -0.39 is 5.60 Å². The van der Waals surface area contributed by atoms with Crippen LogP contribution in [0.2, 0.25) is 0 Å². The number of nitrogens with zero attached hydrogens (tertiary/aromatic N) is 1. The first kappa shape index (κ1) is 13.9. The second-order valence-corrected chi connectivity index (χ2v) is 6.29. The van der Waals surface area contributed by atoms with Crippen molar-refractivity contribution in [2.45, 2.75) is 45.3 Å². The van der Waals surface area contributed by atoms with Crippen LogP contribution in [-0.4, -0.2) is 18.2 Å². The van der Waals surface area contributed by atoms with E-state index in [-0.39, 0.29) is 11.6 Å². The number of amides is 1. The predicted molar refractivity (Wildman–Crippen MR) is 76.2 cm³/mol. The van der Waals surface area contributed by atoms with Crippen LogP contribution >= 0.6 is 0 Å². The van der Waals surface area contributed by atoms with Gasteiger partial charge in [-0.05, 0) is 40.2 Å². The summed E-state index contributed by atoms with van der Waals surface area (Å²) in [5.74, 6) is 0. The van der Waals surface area contributed by atoms with E-state index in [0.29, 0.717) is 6.54 Å². The zero-order valence-corrected chi connectivity index (χ0v) is 12.1. The second-order valence-electron chi connectivity index (χ2n) is 6.29. The first-order valence-corrected chi connectivity index (χ1v) is 6.60. The maximum atomic E-state index is 12.2. The van der Waals surface area contributed by atoms with Crippen LogP contribution in [0.4, 0.5) is 10.5 Å². The molecule has 1 aromatic rings. The van der Waals surface area contributed by atoms with Gasteiger partial charge in [-0.25, -0.2) is 4.79 Å². The van der Waals surface area contributed by atoms with Crippen molar-refractivity contribution in [2.75, 3.05) is 11.4 Å². The molecule has 19 heavy (non-hydrogen) atoms. The number of ether oxygens (including phenoxy) is 1. The second kappa shape index (κ2) is 4.53. The van der Waals surface area contributed by atoms with Crippen molar-refractivity contribution in [1.29, 1.82) is 0 Å². The van der Waals surface area contributed by atoms with Gasteiger partial charge in [0.15, 0.2) is 0 Å². The van der Waals surface area contributed by atoms with Crippen LogP contribution in [-0.2, 0) is 10.3 Å². The Kier molecular flexibility index (Phi) is 3.31. The van der Waals surface area contributed by atoms with E-state index in [4.69, 9.17) is 10.5 Å². The van der Waals surface area contributed by atoms with Crippen LogP contribution in [0.1, 0.15) is 39.7 Å². The highest BCUT2D eigenvalue weighted by molar-refractivity contribution is 5.91. The van der Waals surface area contributed by atoms with E-state index in [1.807, 2.05) is 52.0 Å². The Morgan fingerprint density at radius 3 is 2.58 bits per heavy atom. The van der Waals surface area contributed by atoms with Gasteiger partial charge in [-0.15, -0.1) is 0 Å². The third kappa shape index (κ3) is 2.89. The van der Waals surface area contributed by atoms with Gasteiger partial charge in [0.1, 0.15) is 5.60 Å². The fraction of sp³-hybridized carbons (Fsp3) is 0.533. The Bertz CT molecular complexity index is 489. The number of anilines is 1. The quantitative estimate of drug-likeness (QED) is 0.911. The number of cyclic esters (lactones) is 1. The van der Waals surface area contributed by atoms with Crippen molar-refractivity contribution < 1.29 is 9.53 Å². The van der Waals surface area contributed by atoms with Crippen molar-refractivity contribution >= 4 is 11.8 Å². The summed E-state index contributed by atoms with van der Waals surface area (Å²) in [4.78, 5) is 13.8. The van der Waals surface area contributed by atoms with Crippen LogP contribution in [0.15, 0.2) is 24.3 Å². The van der Waals surface area contributed by atoms with E-state index >= 15 is 0 Å². The summed E-state index contributed by atoms with van der Waals surface area (Å²) in [7, 11) is 0. The lowest BCUT2D eigenvalue weighted by molar-refractivity contribution is 0.0349. The third-order valence-corrected chi connectivity index (χ3v) is 3.39. The molecular formula is C15H22N2O2. The van der Waals surface area contributed by atoms with Gasteiger partial charge in [0.2, 0.25) is 0 Å². The Morgan fingerprint density at radius 1 is 1.32 bits per heavy atom. The summed E-state index contributed by atoms with van der Waals surface area (Å²) in [6.45, 7) is 8.30. The number of benzene rings is 1. The molecule has 0 atom stereocenters. The minimum Gasteiger partial charge on any atom is -0.438 e. The van der Waals surface area contributed by atoms with E-state index in [1.54, 1.807) is 4.90 Å². The highest BCUT2D eigenvalue weighted by atomic mass is 16.6. The van der Waals surface area contributed by atoms with Crippen molar-refractivity contribution in [3.8, 4) is 0 Å². The summed E-state index contributed by atoms with van der Waals surface area (Å²) < 4.78 is 5.52. The molecule has 1 amide bonds.